The standard InChI is InChI=1S/C12H22N2O2/c1-4-16-12(15)10-6-5-7-11(10)13-8-9-14(2)3/h8,10-11H,4-7,9H2,1-3H3/b13-8+. The summed E-state index contributed by atoms with van der Waals surface area (Å²) >= 11 is 0. The zero-order chi connectivity index (χ0) is 12.0. The van der Waals surface area contributed by atoms with Crippen molar-refractivity contribution in [3.05, 3.63) is 0 Å². The van der Waals surface area contributed by atoms with Crippen LogP contribution in [0.2, 0.25) is 0 Å². The minimum absolute atomic E-state index is 0.0154. The van der Waals surface area contributed by atoms with E-state index < -0.39 is 0 Å². The second-order valence-corrected chi connectivity index (χ2v) is 4.45. The van der Waals surface area contributed by atoms with Gasteiger partial charge in [0.25, 0.3) is 0 Å². The monoisotopic (exact) mass is 226 g/mol. The highest BCUT2D eigenvalue weighted by Gasteiger charge is 2.33. The molecule has 16 heavy (non-hydrogen) atoms. The van der Waals surface area contributed by atoms with E-state index in [4.69, 9.17) is 4.74 Å². The fraction of sp³-hybridized carbons (Fsp3) is 0.833. The average Bonchev–Trinajstić information content (AvgIpc) is 2.66. The van der Waals surface area contributed by atoms with Crippen molar-refractivity contribution >= 4 is 12.2 Å². The largest absolute Gasteiger partial charge is 0.466 e. The topological polar surface area (TPSA) is 41.9 Å². The molecule has 0 saturated heterocycles. The predicted molar refractivity (Wildman–Crippen MR) is 64.8 cm³/mol. The third-order valence-electron chi connectivity index (χ3n) is 2.81. The smallest absolute Gasteiger partial charge is 0.311 e. The van der Waals surface area contributed by atoms with E-state index in [1.165, 1.54) is 0 Å². The van der Waals surface area contributed by atoms with Crippen molar-refractivity contribution < 1.29 is 9.53 Å². The molecule has 4 nitrogen and oxygen atoms in total. The lowest BCUT2D eigenvalue weighted by atomic mass is 10.0. The summed E-state index contributed by atoms with van der Waals surface area (Å²) in [5, 5.41) is 0. The Hall–Kier alpha value is -0.900. The summed E-state index contributed by atoms with van der Waals surface area (Å²) in [6.07, 6.45) is 4.91. The van der Waals surface area contributed by atoms with Gasteiger partial charge in [0.05, 0.1) is 18.6 Å². The molecule has 0 aromatic rings. The van der Waals surface area contributed by atoms with Crippen molar-refractivity contribution in [3.8, 4) is 0 Å². The van der Waals surface area contributed by atoms with Gasteiger partial charge in [-0.05, 0) is 33.9 Å². The molecule has 0 aliphatic heterocycles. The third-order valence-corrected chi connectivity index (χ3v) is 2.81. The third kappa shape index (κ3) is 3.93. The molecule has 1 fully saturated rings. The van der Waals surface area contributed by atoms with Gasteiger partial charge in [-0.15, -0.1) is 0 Å². The molecule has 0 spiro atoms. The number of carbonyl (C=O) groups is 1. The quantitative estimate of drug-likeness (QED) is 0.525. The van der Waals surface area contributed by atoms with E-state index in [-0.39, 0.29) is 17.9 Å². The van der Waals surface area contributed by atoms with E-state index in [0.29, 0.717) is 6.61 Å². The molecule has 1 rings (SSSR count). The van der Waals surface area contributed by atoms with Gasteiger partial charge in [0, 0.05) is 12.8 Å². The van der Waals surface area contributed by atoms with Crippen LogP contribution in [0.3, 0.4) is 0 Å². The van der Waals surface area contributed by atoms with Gasteiger partial charge in [0.1, 0.15) is 0 Å². The molecule has 0 N–H and O–H groups in total. The summed E-state index contributed by atoms with van der Waals surface area (Å²) in [7, 11) is 4.01. The van der Waals surface area contributed by atoms with Crippen LogP contribution in [0, 0.1) is 5.92 Å². The molecule has 1 aliphatic rings. The summed E-state index contributed by atoms with van der Waals surface area (Å²) in [6, 6.07) is 0.138. The Balaban J connectivity index is 2.45. The zero-order valence-corrected chi connectivity index (χ0v) is 10.5. The molecule has 92 valence electrons. The average molecular weight is 226 g/mol. The summed E-state index contributed by atoms with van der Waals surface area (Å²) in [5.74, 6) is -0.0923. The van der Waals surface area contributed by atoms with Gasteiger partial charge in [-0.2, -0.15) is 0 Å². The van der Waals surface area contributed by atoms with Crippen LogP contribution in [-0.2, 0) is 9.53 Å². The number of nitrogens with zero attached hydrogens (tertiary/aromatic N) is 2. The molecule has 0 aromatic carbocycles. The normalized spacial score (nSPS) is 25.5. The first-order valence-electron chi connectivity index (χ1n) is 5.98. The van der Waals surface area contributed by atoms with E-state index in [2.05, 4.69) is 9.89 Å². The maximum absolute atomic E-state index is 11.6. The maximum Gasteiger partial charge on any atom is 0.311 e. The summed E-state index contributed by atoms with van der Waals surface area (Å²) in [5.41, 5.74) is 0. The van der Waals surface area contributed by atoms with Gasteiger partial charge >= 0.3 is 5.97 Å². The molecular weight excluding hydrogens is 204 g/mol. The Morgan fingerprint density at radius 3 is 2.88 bits per heavy atom. The van der Waals surface area contributed by atoms with Crippen molar-refractivity contribution in [1.29, 1.82) is 0 Å². The Kier molecular flexibility index (Phi) is 5.46. The van der Waals surface area contributed by atoms with Crippen molar-refractivity contribution in [2.75, 3.05) is 27.2 Å². The minimum Gasteiger partial charge on any atom is -0.466 e. The van der Waals surface area contributed by atoms with Crippen molar-refractivity contribution in [2.45, 2.75) is 32.2 Å². The Bertz CT molecular complexity index is 251. The van der Waals surface area contributed by atoms with Crippen LogP contribution in [0.5, 0.6) is 0 Å². The van der Waals surface area contributed by atoms with E-state index >= 15 is 0 Å². The van der Waals surface area contributed by atoms with E-state index in [1.54, 1.807) is 0 Å². The first-order chi connectivity index (χ1) is 7.65. The molecule has 4 heteroatoms. The van der Waals surface area contributed by atoms with Gasteiger partial charge < -0.3 is 9.64 Å². The van der Waals surface area contributed by atoms with Crippen LogP contribution in [-0.4, -0.2) is 50.4 Å². The van der Waals surface area contributed by atoms with Gasteiger partial charge in [-0.1, -0.05) is 6.42 Å². The highest BCUT2D eigenvalue weighted by Crippen LogP contribution is 2.29. The maximum atomic E-state index is 11.6. The molecule has 1 saturated carbocycles. The van der Waals surface area contributed by atoms with Crippen LogP contribution < -0.4 is 0 Å². The van der Waals surface area contributed by atoms with Crippen LogP contribution in [0.25, 0.3) is 0 Å². The molecule has 0 radical (unpaired) electrons. The van der Waals surface area contributed by atoms with Gasteiger partial charge in [0.2, 0.25) is 0 Å². The zero-order valence-electron chi connectivity index (χ0n) is 10.5. The molecule has 2 atom stereocenters. The van der Waals surface area contributed by atoms with Crippen LogP contribution in [0.15, 0.2) is 4.99 Å². The number of ether oxygens (including phenoxy) is 1. The van der Waals surface area contributed by atoms with E-state index in [0.717, 1.165) is 25.8 Å². The molecule has 1 aliphatic carbocycles. The summed E-state index contributed by atoms with van der Waals surface area (Å²) in [4.78, 5) is 18.2. The minimum atomic E-state index is -0.0768. The number of rotatable bonds is 5. The highest BCUT2D eigenvalue weighted by molar-refractivity contribution is 5.74. The van der Waals surface area contributed by atoms with Crippen LogP contribution >= 0.6 is 0 Å². The fourth-order valence-electron chi connectivity index (χ4n) is 1.99. The van der Waals surface area contributed by atoms with E-state index in [9.17, 15) is 4.79 Å². The van der Waals surface area contributed by atoms with Crippen molar-refractivity contribution in [3.63, 3.8) is 0 Å². The predicted octanol–water partition coefficient (Wildman–Crippen LogP) is 1.35. The SMILES string of the molecule is CCOC(=O)C1CCCC1/N=C/CN(C)C. The van der Waals surface area contributed by atoms with Gasteiger partial charge in [0.15, 0.2) is 0 Å². The first-order valence-corrected chi connectivity index (χ1v) is 5.98. The fourth-order valence-corrected chi connectivity index (χ4v) is 1.99. The highest BCUT2D eigenvalue weighted by atomic mass is 16.5. The molecule has 0 heterocycles. The molecule has 0 aromatic heterocycles. The van der Waals surface area contributed by atoms with Gasteiger partial charge in [-0.3, -0.25) is 9.79 Å². The van der Waals surface area contributed by atoms with Crippen LogP contribution in [0.4, 0.5) is 0 Å². The lowest BCUT2D eigenvalue weighted by Gasteiger charge is -2.14. The number of hydrogen-bond donors (Lipinski definition) is 0. The number of hydrogen-bond acceptors (Lipinski definition) is 4. The van der Waals surface area contributed by atoms with Crippen molar-refractivity contribution in [1.82, 2.24) is 4.90 Å². The number of carbonyl (C=O) groups excluding carboxylic acids is 1. The molecule has 0 bridgehead atoms. The number of aliphatic imine (C=N–C) groups is 1. The molecule has 2 unspecified atom stereocenters. The lowest BCUT2D eigenvalue weighted by molar-refractivity contribution is -0.148. The molecule has 0 amide bonds. The first kappa shape index (κ1) is 13.2. The summed E-state index contributed by atoms with van der Waals surface area (Å²) < 4.78 is 5.06. The lowest BCUT2D eigenvalue weighted by Crippen LogP contribution is -2.25. The second kappa shape index (κ2) is 6.63. The van der Waals surface area contributed by atoms with Crippen molar-refractivity contribution in [2.24, 2.45) is 10.9 Å². The number of esters is 1. The van der Waals surface area contributed by atoms with E-state index in [1.807, 2.05) is 27.2 Å². The second-order valence-electron chi connectivity index (χ2n) is 4.45. The molecular formula is C12H22N2O2. The Morgan fingerprint density at radius 1 is 1.50 bits per heavy atom. The Labute approximate surface area is 97.7 Å². The summed E-state index contributed by atoms with van der Waals surface area (Å²) in [6.45, 7) is 3.13. The Morgan fingerprint density at radius 2 is 2.25 bits per heavy atom. The van der Waals surface area contributed by atoms with Crippen LogP contribution in [0.1, 0.15) is 26.2 Å². The van der Waals surface area contributed by atoms with Gasteiger partial charge in [-0.25, -0.2) is 0 Å².